The van der Waals surface area contributed by atoms with E-state index in [-0.39, 0.29) is 18.2 Å². The molecule has 0 heterocycles. The van der Waals surface area contributed by atoms with E-state index in [0.29, 0.717) is 17.3 Å². The van der Waals surface area contributed by atoms with Gasteiger partial charge in [-0.25, -0.2) is 0 Å². The van der Waals surface area contributed by atoms with Gasteiger partial charge in [0.2, 0.25) is 11.8 Å². The molecule has 1 N–H and O–H groups in total. The molecule has 0 aliphatic carbocycles. The largest absolute Gasteiger partial charge is 0.341 e. The highest BCUT2D eigenvalue weighted by molar-refractivity contribution is 6.33. The minimum absolute atomic E-state index is 0.214. The van der Waals surface area contributed by atoms with Crippen molar-refractivity contribution in [1.29, 1.82) is 0 Å². The molecule has 2 rings (SSSR count). The van der Waals surface area contributed by atoms with Gasteiger partial charge in [-0.1, -0.05) is 54.1 Å². The van der Waals surface area contributed by atoms with E-state index in [1.165, 1.54) is 4.90 Å². The van der Waals surface area contributed by atoms with Crippen molar-refractivity contribution in [3.63, 3.8) is 0 Å². The lowest BCUT2D eigenvalue weighted by molar-refractivity contribution is -0.133. The Balaban J connectivity index is 1.88. The average Bonchev–Trinajstić information content (AvgIpc) is 2.50. The van der Waals surface area contributed by atoms with Crippen molar-refractivity contribution in [3.8, 4) is 0 Å². The molecular weight excluding hydrogens is 300 g/mol. The molecule has 0 aliphatic heterocycles. The summed E-state index contributed by atoms with van der Waals surface area (Å²) in [6.07, 6.45) is -0.214. The minimum atomic E-state index is -0.377. The standard InChI is InChI=1S/C17H17ClN2O2/c1-20(12-13-7-3-2-4-8-13)17(22)11-16(21)19-15-10-6-5-9-14(15)18/h2-10H,11-12H2,1H3,(H,19,21). The Labute approximate surface area is 134 Å². The van der Waals surface area contributed by atoms with Crippen LogP contribution >= 0.6 is 11.6 Å². The maximum absolute atomic E-state index is 12.1. The maximum atomic E-state index is 12.1. The van der Waals surface area contributed by atoms with Gasteiger partial charge in [0.25, 0.3) is 0 Å². The Morgan fingerprint density at radius 1 is 1.05 bits per heavy atom. The normalized spacial score (nSPS) is 10.1. The zero-order valence-electron chi connectivity index (χ0n) is 12.3. The molecule has 0 spiro atoms. The molecule has 114 valence electrons. The Morgan fingerprint density at radius 3 is 2.36 bits per heavy atom. The van der Waals surface area contributed by atoms with Gasteiger partial charge in [0.1, 0.15) is 6.42 Å². The summed E-state index contributed by atoms with van der Waals surface area (Å²) in [5.74, 6) is -0.619. The Hall–Kier alpha value is -2.33. The molecule has 0 unspecified atom stereocenters. The second-order valence-corrected chi connectivity index (χ2v) is 5.35. The molecule has 2 aromatic rings. The highest BCUT2D eigenvalue weighted by Crippen LogP contribution is 2.20. The second-order valence-electron chi connectivity index (χ2n) is 4.94. The van der Waals surface area contributed by atoms with Crippen LogP contribution in [0.1, 0.15) is 12.0 Å². The summed E-state index contributed by atoms with van der Waals surface area (Å²) in [7, 11) is 1.68. The van der Waals surface area contributed by atoms with Gasteiger partial charge in [0.15, 0.2) is 0 Å². The van der Waals surface area contributed by atoms with Gasteiger partial charge < -0.3 is 10.2 Å². The molecule has 2 aromatic carbocycles. The van der Waals surface area contributed by atoms with Crippen LogP contribution in [0, 0.1) is 0 Å². The fourth-order valence-electron chi connectivity index (χ4n) is 1.97. The summed E-state index contributed by atoms with van der Waals surface area (Å²) in [5, 5.41) is 3.09. The molecular formula is C17H17ClN2O2. The van der Waals surface area contributed by atoms with E-state index in [1.54, 1.807) is 31.3 Å². The topological polar surface area (TPSA) is 49.4 Å². The predicted molar refractivity (Wildman–Crippen MR) is 87.6 cm³/mol. The third kappa shape index (κ3) is 4.60. The maximum Gasteiger partial charge on any atom is 0.233 e. The molecule has 2 amide bonds. The van der Waals surface area contributed by atoms with Crippen molar-refractivity contribution in [1.82, 2.24) is 4.90 Å². The molecule has 0 bridgehead atoms. The van der Waals surface area contributed by atoms with Crippen molar-refractivity contribution >= 4 is 29.1 Å². The lowest BCUT2D eigenvalue weighted by atomic mass is 10.2. The van der Waals surface area contributed by atoms with Crippen LogP contribution < -0.4 is 5.32 Å². The number of hydrogen-bond acceptors (Lipinski definition) is 2. The van der Waals surface area contributed by atoms with Gasteiger partial charge in [-0.05, 0) is 17.7 Å². The van der Waals surface area contributed by atoms with E-state index in [9.17, 15) is 9.59 Å². The predicted octanol–water partition coefficient (Wildman–Crippen LogP) is 3.33. The van der Waals surface area contributed by atoms with E-state index in [0.717, 1.165) is 5.56 Å². The van der Waals surface area contributed by atoms with Gasteiger partial charge in [-0.3, -0.25) is 9.59 Å². The Morgan fingerprint density at radius 2 is 1.68 bits per heavy atom. The summed E-state index contributed by atoms with van der Waals surface area (Å²) in [6, 6.07) is 16.5. The van der Waals surface area contributed by atoms with Crippen molar-refractivity contribution < 1.29 is 9.59 Å². The molecule has 0 saturated carbocycles. The smallest absolute Gasteiger partial charge is 0.233 e. The van der Waals surface area contributed by atoms with Gasteiger partial charge in [0.05, 0.1) is 10.7 Å². The summed E-state index contributed by atoms with van der Waals surface area (Å²) >= 11 is 5.96. The average molecular weight is 317 g/mol. The van der Waals surface area contributed by atoms with Crippen LogP contribution in [0.4, 0.5) is 5.69 Å². The Kier molecular flexibility index (Phi) is 5.55. The van der Waals surface area contributed by atoms with Crippen LogP contribution in [0.15, 0.2) is 54.6 Å². The van der Waals surface area contributed by atoms with E-state index in [4.69, 9.17) is 11.6 Å². The molecule has 0 aromatic heterocycles. The molecule has 0 saturated heterocycles. The monoisotopic (exact) mass is 316 g/mol. The van der Waals surface area contributed by atoms with Gasteiger partial charge in [0, 0.05) is 13.6 Å². The zero-order chi connectivity index (χ0) is 15.9. The quantitative estimate of drug-likeness (QED) is 0.860. The van der Waals surface area contributed by atoms with Crippen LogP contribution in [0.5, 0.6) is 0 Å². The number of rotatable bonds is 5. The molecule has 0 atom stereocenters. The highest BCUT2D eigenvalue weighted by atomic mass is 35.5. The number of para-hydroxylation sites is 1. The molecule has 0 fully saturated rings. The molecule has 0 aliphatic rings. The van der Waals surface area contributed by atoms with Crippen LogP contribution in [-0.4, -0.2) is 23.8 Å². The number of anilines is 1. The summed E-state index contributed by atoms with van der Waals surface area (Å²) in [4.78, 5) is 25.5. The van der Waals surface area contributed by atoms with E-state index < -0.39 is 0 Å². The van der Waals surface area contributed by atoms with E-state index >= 15 is 0 Å². The van der Waals surface area contributed by atoms with Crippen molar-refractivity contribution in [3.05, 3.63) is 65.2 Å². The molecule has 0 radical (unpaired) electrons. The summed E-state index contributed by atoms with van der Waals surface area (Å²) in [5.41, 5.74) is 1.53. The SMILES string of the molecule is CN(Cc1ccccc1)C(=O)CC(=O)Nc1ccccc1Cl. The lowest BCUT2D eigenvalue weighted by Crippen LogP contribution is -2.30. The second kappa shape index (κ2) is 7.61. The first kappa shape index (κ1) is 16.0. The third-order valence-corrected chi connectivity index (χ3v) is 3.48. The molecule has 5 heteroatoms. The van der Waals surface area contributed by atoms with Gasteiger partial charge in [-0.15, -0.1) is 0 Å². The van der Waals surface area contributed by atoms with Crippen molar-refractivity contribution in [2.75, 3.05) is 12.4 Å². The van der Waals surface area contributed by atoms with Crippen LogP contribution in [0.3, 0.4) is 0 Å². The lowest BCUT2D eigenvalue weighted by Gasteiger charge is -2.17. The number of nitrogens with zero attached hydrogens (tertiary/aromatic N) is 1. The molecule has 4 nitrogen and oxygen atoms in total. The zero-order valence-corrected chi connectivity index (χ0v) is 13.0. The highest BCUT2D eigenvalue weighted by Gasteiger charge is 2.15. The third-order valence-electron chi connectivity index (χ3n) is 3.15. The van der Waals surface area contributed by atoms with Gasteiger partial charge >= 0.3 is 0 Å². The number of hydrogen-bond donors (Lipinski definition) is 1. The van der Waals surface area contributed by atoms with Crippen LogP contribution in [0.25, 0.3) is 0 Å². The van der Waals surface area contributed by atoms with Crippen molar-refractivity contribution in [2.45, 2.75) is 13.0 Å². The summed E-state index contributed by atoms with van der Waals surface area (Å²) < 4.78 is 0. The number of benzene rings is 2. The number of amides is 2. The number of nitrogens with one attached hydrogen (secondary N) is 1. The first-order valence-corrected chi connectivity index (χ1v) is 7.26. The summed E-state index contributed by atoms with van der Waals surface area (Å²) in [6.45, 7) is 0.471. The van der Waals surface area contributed by atoms with Crippen LogP contribution in [0.2, 0.25) is 5.02 Å². The number of carbonyl (C=O) groups is 2. The van der Waals surface area contributed by atoms with Gasteiger partial charge in [-0.2, -0.15) is 0 Å². The Bertz CT molecular complexity index is 659. The van der Waals surface area contributed by atoms with E-state index in [1.807, 2.05) is 30.3 Å². The first-order valence-electron chi connectivity index (χ1n) is 6.88. The van der Waals surface area contributed by atoms with Crippen molar-refractivity contribution in [2.24, 2.45) is 0 Å². The number of carbonyl (C=O) groups excluding carboxylic acids is 2. The number of halogens is 1. The first-order chi connectivity index (χ1) is 10.6. The molecule has 22 heavy (non-hydrogen) atoms. The fourth-order valence-corrected chi connectivity index (χ4v) is 2.16. The van der Waals surface area contributed by atoms with Crippen LogP contribution in [-0.2, 0) is 16.1 Å². The minimum Gasteiger partial charge on any atom is -0.341 e. The van der Waals surface area contributed by atoms with E-state index in [2.05, 4.69) is 5.32 Å². The fraction of sp³-hybridized carbons (Fsp3) is 0.176.